The summed E-state index contributed by atoms with van der Waals surface area (Å²) in [5, 5.41) is 4.41. The van der Waals surface area contributed by atoms with Gasteiger partial charge in [-0.15, -0.1) is 11.3 Å². The quantitative estimate of drug-likeness (QED) is 0.273. The third kappa shape index (κ3) is 3.95. The molecule has 0 aliphatic heterocycles. The van der Waals surface area contributed by atoms with Gasteiger partial charge in [-0.1, -0.05) is 41.4 Å². The molecule has 3 heterocycles. The zero-order valence-electron chi connectivity index (χ0n) is 18.9. The Bertz CT molecular complexity index is 1510. The first-order valence-electron chi connectivity index (χ1n) is 10.7. The molecule has 0 radical (unpaired) electrons. The van der Waals surface area contributed by atoms with Crippen LogP contribution in [0.5, 0.6) is 0 Å². The molecule has 0 bridgehead atoms. The normalized spacial score (nSPS) is 11.2. The van der Waals surface area contributed by atoms with Crippen molar-refractivity contribution in [2.45, 2.75) is 20.8 Å². The van der Waals surface area contributed by atoms with Crippen LogP contribution in [0.3, 0.4) is 0 Å². The first-order valence-corrected chi connectivity index (χ1v) is 11.9. The van der Waals surface area contributed by atoms with Gasteiger partial charge in [-0.2, -0.15) is 0 Å². The number of nitrogens with zero attached hydrogens (tertiary/aromatic N) is 1. The van der Waals surface area contributed by atoms with Crippen LogP contribution < -0.4 is 11.1 Å². The number of pyridine rings is 1. The summed E-state index contributed by atoms with van der Waals surface area (Å²) in [5.41, 5.74) is 13.3. The van der Waals surface area contributed by atoms with E-state index in [1.807, 2.05) is 75.4 Å². The van der Waals surface area contributed by atoms with Gasteiger partial charge in [0.05, 0.1) is 17.6 Å². The number of nitrogens with two attached hydrogens (primary N) is 1. The third-order valence-corrected chi connectivity index (χ3v) is 7.10. The van der Waals surface area contributed by atoms with E-state index >= 15 is 0 Å². The molecule has 0 saturated carbocycles. The van der Waals surface area contributed by atoms with Crippen LogP contribution in [0.15, 0.2) is 65.3 Å². The molecular formula is C27H22ClN3O2S. The number of anilines is 2. The van der Waals surface area contributed by atoms with E-state index in [2.05, 4.69) is 5.32 Å². The van der Waals surface area contributed by atoms with Crippen LogP contribution in [0.1, 0.15) is 26.4 Å². The van der Waals surface area contributed by atoms with Crippen molar-refractivity contribution in [3.63, 3.8) is 0 Å². The number of nitrogens with one attached hydrogen (secondary N) is 1. The third-order valence-electron chi connectivity index (χ3n) is 5.75. The molecule has 0 aliphatic rings. The standard InChI is InChI=1S/C27H22ClN3O2S/c1-14-11-15(2)24(16(3)12-14)31-26(32)25-23(29)22-19(21-5-4-10-33-21)13-20(30-27(22)34-25)17-6-8-18(28)9-7-17/h4-13H,29H2,1-3H3,(H,31,32). The molecule has 0 saturated heterocycles. The first kappa shape index (κ1) is 22.2. The van der Waals surface area contributed by atoms with E-state index in [1.165, 1.54) is 11.3 Å². The highest BCUT2D eigenvalue weighted by atomic mass is 35.5. The second-order valence-electron chi connectivity index (χ2n) is 8.29. The van der Waals surface area contributed by atoms with Crippen molar-refractivity contribution in [2.24, 2.45) is 0 Å². The molecule has 5 rings (SSSR count). The lowest BCUT2D eigenvalue weighted by atomic mass is 10.0. The summed E-state index contributed by atoms with van der Waals surface area (Å²) < 4.78 is 5.70. The summed E-state index contributed by atoms with van der Waals surface area (Å²) in [7, 11) is 0. The first-order chi connectivity index (χ1) is 16.3. The topological polar surface area (TPSA) is 81.2 Å². The van der Waals surface area contributed by atoms with E-state index in [9.17, 15) is 4.79 Å². The van der Waals surface area contributed by atoms with E-state index in [0.717, 1.165) is 39.2 Å². The highest BCUT2D eigenvalue weighted by Crippen LogP contribution is 2.42. The molecule has 2 aromatic carbocycles. The number of aryl methyl sites for hydroxylation is 3. The number of thiophene rings is 1. The van der Waals surface area contributed by atoms with Crippen LogP contribution in [-0.4, -0.2) is 10.9 Å². The number of carbonyl (C=O) groups is 1. The van der Waals surface area contributed by atoms with Crippen molar-refractivity contribution in [1.82, 2.24) is 4.98 Å². The van der Waals surface area contributed by atoms with E-state index < -0.39 is 0 Å². The molecule has 1 amide bonds. The molecule has 0 aliphatic carbocycles. The minimum absolute atomic E-state index is 0.256. The highest BCUT2D eigenvalue weighted by Gasteiger charge is 2.23. The second-order valence-corrected chi connectivity index (χ2v) is 9.73. The summed E-state index contributed by atoms with van der Waals surface area (Å²) in [6.07, 6.45) is 1.61. The van der Waals surface area contributed by atoms with Crippen molar-refractivity contribution in [2.75, 3.05) is 11.1 Å². The Morgan fingerprint density at radius 1 is 1.06 bits per heavy atom. The Morgan fingerprint density at radius 3 is 2.41 bits per heavy atom. The Hall–Kier alpha value is -3.61. The highest BCUT2D eigenvalue weighted by molar-refractivity contribution is 7.21. The number of furan rings is 1. The van der Waals surface area contributed by atoms with Crippen molar-refractivity contribution < 1.29 is 9.21 Å². The van der Waals surface area contributed by atoms with Gasteiger partial charge >= 0.3 is 0 Å². The number of amides is 1. The van der Waals surface area contributed by atoms with Crippen LogP contribution in [0.2, 0.25) is 5.02 Å². The van der Waals surface area contributed by atoms with Crippen LogP contribution in [0.4, 0.5) is 11.4 Å². The van der Waals surface area contributed by atoms with E-state index in [0.29, 0.717) is 31.6 Å². The van der Waals surface area contributed by atoms with Crippen molar-refractivity contribution >= 4 is 50.4 Å². The molecular weight excluding hydrogens is 466 g/mol. The number of fused-ring (bicyclic) bond motifs is 1. The van der Waals surface area contributed by atoms with Crippen LogP contribution in [0.25, 0.3) is 32.8 Å². The lowest BCUT2D eigenvalue weighted by Gasteiger charge is -2.12. The van der Waals surface area contributed by atoms with Crippen molar-refractivity contribution in [3.8, 4) is 22.6 Å². The fourth-order valence-electron chi connectivity index (χ4n) is 4.23. The smallest absolute Gasteiger partial charge is 0.267 e. The van der Waals surface area contributed by atoms with Crippen molar-refractivity contribution in [3.05, 3.63) is 87.5 Å². The summed E-state index contributed by atoms with van der Waals surface area (Å²) in [5.74, 6) is 0.401. The monoisotopic (exact) mass is 487 g/mol. The zero-order chi connectivity index (χ0) is 24.0. The largest absolute Gasteiger partial charge is 0.464 e. The van der Waals surface area contributed by atoms with Crippen LogP contribution >= 0.6 is 22.9 Å². The van der Waals surface area contributed by atoms with Gasteiger partial charge < -0.3 is 15.5 Å². The molecule has 5 aromatic rings. The van der Waals surface area contributed by atoms with Crippen LogP contribution in [0, 0.1) is 20.8 Å². The fraction of sp³-hybridized carbons (Fsp3) is 0.111. The van der Waals surface area contributed by atoms with E-state index in [4.69, 9.17) is 26.7 Å². The predicted octanol–water partition coefficient (Wildman–Crippen LogP) is 7.64. The molecule has 0 unspecified atom stereocenters. The van der Waals surface area contributed by atoms with Gasteiger partial charge in [0.25, 0.3) is 5.91 Å². The number of aromatic nitrogens is 1. The molecule has 34 heavy (non-hydrogen) atoms. The lowest BCUT2D eigenvalue weighted by Crippen LogP contribution is -2.14. The second kappa shape index (κ2) is 8.63. The number of hydrogen-bond acceptors (Lipinski definition) is 5. The van der Waals surface area contributed by atoms with Gasteiger partial charge in [0.15, 0.2) is 0 Å². The molecule has 170 valence electrons. The summed E-state index contributed by atoms with van der Waals surface area (Å²) >= 11 is 7.34. The van der Waals surface area contributed by atoms with E-state index in [1.54, 1.807) is 6.26 Å². The lowest BCUT2D eigenvalue weighted by molar-refractivity contribution is 0.103. The number of carbonyl (C=O) groups excluding carboxylic acids is 1. The molecule has 3 N–H and O–H groups in total. The Morgan fingerprint density at radius 2 is 1.76 bits per heavy atom. The summed E-state index contributed by atoms with van der Waals surface area (Å²) in [6.45, 7) is 6.01. The minimum atomic E-state index is -0.256. The number of nitrogen functional groups attached to an aromatic ring is 1. The maximum absolute atomic E-state index is 13.3. The van der Waals surface area contributed by atoms with Crippen molar-refractivity contribution in [1.29, 1.82) is 0 Å². The molecule has 7 heteroatoms. The molecule has 0 atom stereocenters. The average molecular weight is 488 g/mol. The van der Waals surface area contributed by atoms with Gasteiger partial charge in [0.1, 0.15) is 15.5 Å². The van der Waals surface area contributed by atoms with Gasteiger partial charge in [-0.05, 0) is 62.2 Å². The predicted molar refractivity (Wildman–Crippen MR) is 141 cm³/mol. The van der Waals surface area contributed by atoms with Gasteiger partial charge in [0.2, 0.25) is 0 Å². The maximum Gasteiger partial charge on any atom is 0.267 e. The summed E-state index contributed by atoms with van der Waals surface area (Å²) in [4.78, 5) is 19.3. The van der Waals surface area contributed by atoms with Gasteiger partial charge in [-0.3, -0.25) is 4.79 Å². The fourth-order valence-corrected chi connectivity index (χ4v) is 5.37. The molecule has 0 fully saturated rings. The SMILES string of the molecule is Cc1cc(C)c(NC(=O)c2sc3nc(-c4ccc(Cl)cc4)cc(-c4ccco4)c3c2N)c(C)c1. The molecule has 0 spiro atoms. The number of hydrogen-bond donors (Lipinski definition) is 2. The van der Waals surface area contributed by atoms with Gasteiger partial charge in [0, 0.05) is 27.2 Å². The van der Waals surface area contributed by atoms with Gasteiger partial charge in [-0.25, -0.2) is 4.98 Å². The number of rotatable bonds is 4. The molecule has 5 nitrogen and oxygen atoms in total. The molecule has 3 aromatic heterocycles. The zero-order valence-corrected chi connectivity index (χ0v) is 20.5. The van der Waals surface area contributed by atoms with Crippen LogP contribution in [-0.2, 0) is 0 Å². The minimum Gasteiger partial charge on any atom is -0.464 e. The Labute approximate surface area is 206 Å². The maximum atomic E-state index is 13.3. The Balaban J connectivity index is 1.65. The Kier molecular flexibility index (Phi) is 5.63. The number of halogens is 1. The summed E-state index contributed by atoms with van der Waals surface area (Å²) in [6, 6.07) is 17.2. The van der Waals surface area contributed by atoms with E-state index in [-0.39, 0.29) is 5.91 Å². The average Bonchev–Trinajstić information content (AvgIpc) is 3.44. The number of benzene rings is 2.